The van der Waals surface area contributed by atoms with Crippen LogP contribution in [0.5, 0.6) is 0 Å². The molecule has 2 heterocycles. The third kappa shape index (κ3) is 1.84. The molecule has 2 rings (SSSR count). The molecule has 0 fully saturated rings. The first-order valence-electron chi connectivity index (χ1n) is 4.35. The summed E-state index contributed by atoms with van der Waals surface area (Å²) in [5.74, 6) is 1.48. The highest BCUT2D eigenvalue weighted by atomic mass is 32.1. The third-order valence-corrected chi connectivity index (χ3v) is 3.85. The Hall–Kier alpha value is -0.600. The summed E-state index contributed by atoms with van der Waals surface area (Å²) in [5, 5.41) is 4.28. The molecule has 0 unspecified atom stereocenters. The first-order chi connectivity index (χ1) is 6.42. The van der Waals surface area contributed by atoms with E-state index >= 15 is 0 Å². The van der Waals surface area contributed by atoms with E-state index in [4.69, 9.17) is 0 Å². The molecule has 0 aliphatic rings. The summed E-state index contributed by atoms with van der Waals surface area (Å²) in [7, 11) is 0. The van der Waals surface area contributed by atoms with Crippen LogP contribution >= 0.6 is 22.7 Å². The molecule has 0 amide bonds. The summed E-state index contributed by atoms with van der Waals surface area (Å²) < 4.78 is 0. The van der Waals surface area contributed by atoms with Gasteiger partial charge in [-0.1, -0.05) is 19.1 Å². The van der Waals surface area contributed by atoms with E-state index < -0.39 is 0 Å². The lowest BCUT2D eigenvalue weighted by Crippen LogP contribution is -1.94. The van der Waals surface area contributed by atoms with E-state index in [1.165, 1.54) is 15.7 Å². The van der Waals surface area contributed by atoms with Crippen molar-refractivity contribution in [2.24, 2.45) is 0 Å². The van der Waals surface area contributed by atoms with Crippen molar-refractivity contribution in [3.8, 4) is 0 Å². The lowest BCUT2D eigenvalue weighted by atomic mass is 10.0. The summed E-state index contributed by atoms with van der Waals surface area (Å²) >= 11 is 3.65. The van der Waals surface area contributed by atoms with Crippen LogP contribution in [0.25, 0.3) is 0 Å². The van der Waals surface area contributed by atoms with Gasteiger partial charge in [0.15, 0.2) is 0 Å². The number of hydrogen-bond donors (Lipinski definition) is 0. The fraction of sp³-hybridized carbons (Fsp3) is 0.182. The van der Waals surface area contributed by atoms with E-state index in [-0.39, 0.29) is 0 Å². The van der Waals surface area contributed by atoms with Crippen LogP contribution in [0.4, 0.5) is 0 Å². The van der Waals surface area contributed by atoms with Gasteiger partial charge in [-0.25, -0.2) is 0 Å². The Balaban J connectivity index is 2.29. The minimum Gasteiger partial charge on any atom is -0.148 e. The SMILES string of the molecule is CC[C](c1cccs1)c1cccs1. The molecule has 2 aromatic rings. The van der Waals surface area contributed by atoms with E-state index in [9.17, 15) is 0 Å². The molecule has 13 heavy (non-hydrogen) atoms. The molecule has 0 spiro atoms. The summed E-state index contributed by atoms with van der Waals surface area (Å²) in [6.45, 7) is 2.22. The second-order valence-corrected chi connectivity index (χ2v) is 4.68. The molecule has 0 nitrogen and oxygen atoms in total. The lowest BCUT2D eigenvalue weighted by Gasteiger charge is -2.08. The molecule has 0 aliphatic carbocycles. The molecule has 67 valence electrons. The molecule has 2 heteroatoms. The topological polar surface area (TPSA) is 0 Å². The van der Waals surface area contributed by atoms with Crippen LogP contribution in [0.3, 0.4) is 0 Å². The second kappa shape index (κ2) is 4.07. The highest BCUT2D eigenvalue weighted by Gasteiger charge is 2.14. The first-order valence-corrected chi connectivity index (χ1v) is 6.11. The van der Waals surface area contributed by atoms with Gasteiger partial charge in [-0.2, -0.15) is 0 Å². The molecule has 2 aromatic heterocycles. The van der Waals surface area contributed by atoms with Crippen LogP contribution in [0.15, 0.2) is 35.0 Å². The maximum absolute atomic E-state index is 2.22. The summed E-state index contributed by atoms with van der Waals surface area (Å²) in [4.78, 5) is 2.81. The van der Waals surface area contributed by atoms with Crippen LogP contribution in [0.1, 0.15) is 23.1 Å². The predicted molar refractivity (Wildman–Crippen MR) is 60.4 cm³/mol. The van der Waals surface area contributed by atoms with Crippen molar-refractivity contribution in [2.75, 3.05) is 0 Å². The van der Waals surface area contributed by atoms with Gasteiger partial charge in [0.2, 0.25) is 0 Å². The maximum atomic E-state index is 2.22. The van der Waals surface area contributed by atoms with Gasteiger partial charge in [-0.15, -0.1) is 22.7 Å². The standard InChI is InChI=1S/C11H11S2/c1-2-9(10-5-3-7-12-10)11-6-4-8-13-11/h3-8H,2H2,1H3. The molecule has 0 aliphatic heterocycles. The Bertz CT molecular complexity index is 298. The zero-order chi connectivity index (χ0) is 9.10. The summed E-state index contributed by atoms with van der Waals surface area (Å²) in [6.07, 6.45) is 1.11. The largest absolute Gasteiger partial charge is 0.148 e. The predicted octanol–water partition coefficient (Wildman–Crippen LogP) is 4.19. The van der Waals surface area contributed by atoms with Gasteiger partial charge in [0, 0.05) is 9.75 Å². The Morgan fingerprint density at radius 1 is 1.08 bits per heavy atom. The monoisotopic (exact) mass is 207 g/mol. The van der Waals surface area contributed by atoms with Gasteiger partial charge in [-0.05, 0) is 29.3 Å². The third-order valence-electron chi connectivity index (χ3n) is 1.99. The van der Waals surface area contributed by atoms with Crippen LogP contribution in [0, 0.1) is 5.92 Å². The van der Waals surface area contributed by atoms with E-state index in [0.717, 1.165) is 6.42 Å². The van der Waals surface area contributed by atoms with Crippen molar-refractivity contribution in [1.82, 2.24) is 0 Å². The fourth-order valence-electron chi connectivity index (χ4n) is 1.37. The highest BCUT2D eigenvalue weighted by Crippen LogP contribution is 2.32. The van der Waals surface area contributed by atoms with Gasteiger partial charge in [0.25, 0.3) is 0 Å². The molecule has 0 saturated heterocycles. The Labute approximate surface area is 86.9 Å². The Kier molecular flexibility index (Phi) is 2.81. The van der Waals surface area contributed by atoms with Gasteiger partial charge in [0.1, 0.15) is 0 Å². The first kappa shape index (κ1) is 8.97. The number of thiophene rings is 2. The van der Waals surface area contributed by atoms with Crippen molar-refractivity contribution in [3.63, 3.8) is 0 Å². The molecular weight excluding hydrogens is 196 g/mol. The smallest absolute Gasteiger partial charge is 0.0540 e. The molecule has 0 aromatic carbocycles. The van der Waals surface area contributed by atoms with E-state index in [1.807, 2.05) is 22.7 Å². The Morgan fingerprint density at radius 2 is 1.62 bits per heavy atom. The average Bonchev–Trinajstić information content (AvgIpc) is 2.76. The fourth-order valence-corrected chi connectivity index (χ4v) is 3.15. The van der Waals surface area contributed by atoms with Crippen LogP contribution < -0.4 is 0 Å². The van der Waals surface area contributed by atoms with Crippen molar-refractivity contribution in [3.05, 3.63) is 50.7 Å². The zero-order valence-corrected chi connectivity index (χ0v) is 9.12. The molecule has 0 atom stereocenters. The van der Waals surface area contributed by atoms with Crippen molar-refractivity contribution in [2.45, 2.75) is 13.3 Å². The Morgan fingerprint density at radius 3 is 1.92 bits per heavy atom. The van der Waals surface area contributed by atoms with Crippen molar-refractivity contribution >= 4 is 22.7 Å². The normalized spacial score (nSPS) is 10.9. The molecule has 1 radical (unpaired) electrons. The quantitative estimate of drug-likeness (QED) is 0.708. The summed E-state index contributed by atoms with van der Waals surface area (Å²) in [5.41, 5.74) is 0. The lowest BCUT2D eigenvalue weighted by molar-refractivity contribution is 1.02. The molecule has 0 saturated carbocycles. The van der Waals surface area contributed by atoms with Gasteiger partial charge in [0.05, 0.1) is 5.92 Å². The second-order valence-electron chi connectivity index (χ2n) is 2.79. The van der Waals surface area contributed by atoms with Gasteiger partial charge in [-0.3, -0.25) is 0 Å². The van der Waals surface area contributed by atoms with Crippen LogP contribution in [-0.2, 0) is 0 Å². The van der Waals surface area contributed by atoms with Crippen LogP contribution in [0.2, 0.25) is 0 Å². The van der Waals surface area contributed by atoms with Crippen molar-refractivity contribution in [1.29, 1.82) is 0 Å². The average molecular weight is 207 g/mol. The van der Waals surface area contributed by atoms with E-state index in [2.05, 4.69) is 41.9 Å². The number of rotatable bonds is 3. The van der Waals surface area contributed by atoms with Gasteiger partial charge < -0.3 is 0 Å². The highest BCUT2D eigenvalue weighted by molar-refractivity contribution is 7.12. The maximum Gasteiger partial charge on any atom is 0.0540 e. The van der Waals surface area contributed by atoms with E-state index in [1.54, 1.807) is 0 Å². The zero-order valence-electron chi connectivity index (χ0n) is 7.49. The van der Waals surface area contributed by atoms with Crippen LogP contribution in [-0.4, -0.2) is 0 Å². The molecule has 0 N–H and O–H groups in total. The molecular formula is C11H11S2. The minimum atomic E-state index is 1.11. The molecule has 0 bridgehead atoms. The van der Waals surface area contributed by atoms with E-state index in [0.29, 0.717) is 0 Å². The van der Waals surface area contributed by atoms with Gasteiger partial charge >= 0.3 is 0 Å². The van der Waals surface area contributed by atoms with Crippen molar-refractivity contribution < 1.29 is 0 Å². The number of hydrogen-bond acceptors (Lipinski definition) is 2. The summed E-state index contributed by atoms with van der Waals surface area (Å²) in [6, 6.07) is 8.62. The minimum absolute atomic E-state index is 1.11.